The molecule has 0 amide bonds. The van der Waals surface area contributed by atoms with Gasteiger partial charge in [0.25, 0.3) is 0 Å². The van der Waals surface area contributed by atoms with Gasteiger partial charge in [0.15, 0.2) is 17.3 Å². The highest BCUT2D eigenvalue weighted by atomic mass is 35.5. The van der Waals surface area contributed by atoms with E-state index in [4.69, 9.17) is 21.4 Å². The number of rotatable bonds is 5. The van der Waals surface area contributed by atoms with Crippen LogP contribution in [-0.4, -0.2) is 32.7 Å². The summed E-state index contributed by atoms with van der Waals surface area (Å²) in [6, 6.07) is 4.43. The molecule has 8 heteroatoms. The quantitative estimate of drug-likeness (QED) is 0.907. The van der Waals surface area contributed by atoms with Crippen molar-refractivity contribution in [2.45, 2.75) is 6.54 Å². The summed E-state index contributed by atoms with van der Waals surface area (Å²) >= 11 is 5.60. The summed E-state index contributed by atoms with van der Waals surface area (Å²) in [5.74, 6) is -1.76. The zero-order valence-electron chi connectivity index (χ0n) is 9.58. The molecular formula is C11H9ClFN3O3. The van der Waals surface area contributed by atoms with E-state index in [0.717, 1.165) is 0 Å². The Morgan fingerprint density at radius 1 is 1.53 bits per heavy atom. The zero-order valence-corrected chi connectivity index (χ0v) is 10.3. The Balaban J connectivity index is 1.92. The second kappa shape index (κ2) is 5.66. The van der Waals surface area contributed by atoms with Crippen LogP contribution in [0, 0.1) is 5.82 Å². The van der Waals surface area contributed by atoms with Crippen molar-refractivity contribution in [3.05, 3.63) is 40.9 Å². The second-order valence-corrected chi connectivity index (χ2v) is 3.98. The van der Waals surface area contributed by atoms with Gasteiger partial charge in [-0.2, -0.15) is 0 Å². The lowest BCUT2D eigenvalue weighted by Gasteiger charge is -2.07. The topological polar surface area (TPSA) is 77.2 Å². The van der Waals surface area contributed by atoms with E-state index in [1.165, 1.54) is 23.0 Å². The molecule has 2 rings (SSSR count). The summed E-state index contributed by atoms with van der Waals surface area (Å²) in [7, 11) is 0. The molecule has 0 radical (unpaired) electrons. The van der Waals surface area contributed by atoms with Gasteiger partial charge in [-0.3, -0.25) is 0 Å². The zero-order chi connectivity index (χ0) is 13.8. The molecule has 2 aromatic rings. The van der Waals surface area contributed by atoms with Crippen molar-refractivity contribution in [1.82, 2.24) is 15.0 Å². The normalized spacial score (nSPS) is 10.4. The van der Waals surface area contributed by atoms with Crippen molar-refractivity contribution in [1.29, 1.82) is 0 Å². The van der Waals surface area contributed by atoms with Gasteiger partial charge >= 0.3 is 5.97 Å². The third-order valence-electron chi connectivity index (χ3n) is 2.25. The molecule has 0 bridgehead atoms. The number of nitrogens with zero attached hydrogens (tertiary/aromatic N) is 3. The lowest BCUT2D eigenvalue weighted by molar-refractivity contribution is 0.0690. The van der Waals surface area contributed by atoms with Crippen molar-refractivity contribution >= 4 is 17.6 Å². The number of hydrogen-bond donors (Lipinski definition) is 1. The van der Waals surface area contributed by atoms with Crippen LogP contribution in [0.3, 0.4) is 0 Å². The number of carboxylic acids is 1. The molecule has 1 aromatic carbocycles. The molecule has 0 spiro atoms. The van der Waals surface area contributed by atoms with Crippen molar-refractivity contribution in [2.24, 2.45) is 0 Å². The number of benzene rings is 1. The Hall–Kier alpha value is -2.15. The molecule has 0 atom stereocenters. The minimum Gasteiger partial charge on any atom is -0.489 e. The fraction of sp³-hybridized carbons (Fsp3) is 0.182. The van der Waals surface area contributed by atoms with Crippen molar-refractivity contribution < 1.29 is 19.0 Å². The highest BCUT2D eigenvalue weighted by molar-refractivity contribution is 6.30. The molecule has 0 saturated carbocycles. The van der Waals surface area contributed by atoms with Gasteiger partial charge < -0.3 is 9.84 Å². The molecule has 1 heterocycles. The van der Waals surface area contributed by atoms with Gasteiger partial charge in [0, 0.05) is 0 Å². The van der Waals surface area contributed by atoms with E-state index in [1.807, 2.05) is 0 Å². The summed E-state index contributed by atoms with van der Waals surface area (Å²) in [4.78, 5) is 10.6. The molecule has 0 aliphatic carbocycles. The van der Waals surface area contributed by atoms with Crippen molar-refractivity contribution in [3.63, 3.8) is 0 Å². The molecule has 1 aromatic heterocycles. The van der Waals surface area contributed by atoms with Crippen molar-refractivity contribution in [2.75, 3.05) is 6.61 Å². The molecule has 1 N–H and O–H groups in total. The first-order valence-electron chi connectivity index (χ1n) is 5.28. The number of aromatic carboxylic acids is 1. The Bertz CT molecular complexity index is 603. The number of hydrogen-bond acceptors (Lipinski definition) is 4. The third-order valence-corrected chi connectivity index (χ3v) is 2.54. The van der Waals surface area contributed by atoms with Gasteiger partial charge in [-0.1, -0.05) is 22.9 Å². The number of halogens is 2. The molecule has 0 aliphatic rings. The average Bonchev–Trinajstić information content (AvgIpc) is 2.83. The van der Waals surface area contributed by atoms with Crippen LogP contribution in [0.5, 0.6) is 5.75 Å². The molecule has 19 heavy (non-hydrogen) atoms. The SMILES string of the molecule is O=C(O)c1cn(CCOc2cccc(Cl)c2F)nn1. The molecule has 0 unspecified atom stereocenters. The van der Waals surface area contributed by atoms with Crippen LogP contribution in [0.4, 0.5) is 4.39 Å². The van der Waals surface area contributed by atoms with Crippen LogP contribution in [0.1, 0.15) is 10.5 Å². The van der Waals surface area contributed by atoms with Crippen molar-refractivity contribution in [3.8, 4) is 5.75 Å². The van der Waals surface area contributed by atoms with Crippen LogP contribution in [0.15, 0.2) is 24.4 Å². The maximum absolute atomic E-state index is 13.5. The summed E-state index contributed by atoms with van der Waals surface area (Å²) in [6.45, 7) is 0.353. The molecular weight excluding hydrogens is 277 g/mol. The lowest BCUT2D eigenvalue weighted by Crippen LogP contribution is -2.09. The van der Waals surface area contributed by atoms with Gasteiger partial charge in [-0.05, 0) is 12.1 Å². The van der Waals surface area contributed by atoms with Gasteiger partial charge in [-0.25, -0.2) is 13.9 Å². The van der Waals surface area contributed by atoms with E-state index in [1.54, 1.807) is 6.07 Å². The minimum atomic E-state index is -1.16. The van der Waals surface area contributed by atoms with E-state index in [0.29, 0.717) is 0 Å². The molecule has 0 fully saturated rings. The monoisotopic (exact) mass is 285 g/mol. The highest BCUT2D eigenvalue weighted by Gasteiger charge is 2.09. The van der Waals surface area contributed by atoms with E-state index in [2.05, 4.69) is 10.3 Å². The fourth-order valence-electron chi connectivity index (χ4n) is 1.35. The first-order valence-corrected chi connectivity index (χ1v) is 5.66. The smallest absolute Gasteiger partial charge is 0.358 e. The molecule has 100 valence electrons. The molecule has 0 aliphatic heterocycles. The van der Waals surface area contributed by atoms with E-state index in [-0.39, 0.29) is 29.6 Å². The Kier molecular flexibility index (Phi) is 3.96. The highest BCUT2D eigenvalue weighted by Crippen LogP contribution is 2.23. The maximum atomic E-state index is 13.5. The summed E-state index contributed by atoms with van der Waals surface area (Å²) in [5, 5.41) is 15.7. The van der Waals surface area contributed by atoms with Gasteiger partial charge in [0.2, 0.25) is 0 Å². The number of aromatic nitrogens is 3. The number of carboxylic acid groups (broad SMARTS) is 1. The number of carbonyl (C=O) groups is 1. The first-order chi connectivity index (χ1) is 9.08. The summed E-state index contributed by atoms with van der Waals surface area (Å²) in [5.41, 5.74) is -0.158. The minimum absolute atomic E-state index is 0.0218. The Labute approximate surface area is 112 Å². The predicted molar refractivity (Wildman–Crippen MR) is 63.9 cm³/mol. The largest absolute Gasteiger partial charge is 0.489 e. The number of ether oxygens (including phenoxy) is 1. The molecule has 6 nitrogen and oxygen atoms in total. The van der Waals surface area contributed by atoms with Gasteiger partial charge in [0.05, 0.1) is 17.8 Å². The first kappa shape index (κ1) is 13.3. The van der Waals surface area contributed by atoms with E-state index in [9.17, 15) is 9.18 Å². The van der Waals surface area contributed by atoms with Crippen LogP contribution in [-0.2, 0) is 6.54 Å². The Morgan fingerprint density at radius 2 is 2.32 bits per heavy atom. The summed E-state index contributed by atoms with van der Waals surface area (Å²) in [6.07, 6.45) is 1.26. The summed E-state index contributed by atoms with van der Waals surface area (Å²) < 4.78 is 20.0. The van der Waals surface area contributed by atoms with Gasteiger partial charge in [-0.15, -0.1) is 5.10 Å². The second-order valence-electron chi connectivity index (χ2n) is 3.57. The predicted octanol–water partition coefficient (Wildman–Crippen LogP) is 1.85. The lowest BCUT2D eigenvalue weighted by atomic mass is 10.3. The van der Waals surface area contributed by atoms with Gasteiger partial charge in [0.1, 0.15) is 6.61 Å². The van der Waals surface area contributed by atoms with Crippen LogP contribution < -0.4 is 4.74 Å². The van der Waals surface area contributed by atoms with Crippen LogP contribution in [0.2, 0.25) is 5.02 Å². The van der Waals surface area contributed by atoms with Crippen LogP contribution in [0.25, 0.3) is 0 Å². The standard InChI is InChI=1S/C11H9ClFN3O3/c12-7-2-1-3-9(10(7)13)19-5-4-16-6-8(11(17)18)14-15-16/h1-3,6H,4-5H2,(H,17,18). The Morgan fingerprint density at radius 3 is 3.00 bits per heavy atom. The molecule has 0 saturated heterocycles. The maximum Gasteiger partial charge on any atom is 0.358 e. The van der Waals surface area contributed by atoms with Crippen LogP contribution >= 0.6 is 11.6 Å². The fourth-order valence-corrected chi connectivity index (χ4v) is 1.52. The van der Waals surface area contributed by atoms with E-state index >= 15 is 0 Å². The van der Waals surface area contributed by atoms with E-state index < -0.39 is 11.8 Å². The third kappa shape index (κ3) is 3.19. The average molecular weight is 286 g/mol.